The molecule has 0 aliphatic heterocycles. The zero-order valence-electron chi connectivity index (χ0n) is 14.5. The van der Waals surface area contributed by atoms with Gasteiger partial charge < -0.3 is 15.4 Å². The Morgan fingerprint density at radius 2 is 1.96 bits per heavy atom. The number of hydrogen-bond acceptors (Lipinski definition) is 2. The van der Waals surface area contributed by atoms with Gasteiger partial charge in [-0.15, -0.1) is 0 Å². The third-order valence-corrected chi connectivity index (χ3v) is 3.98. The number of rotatable bonds is 5. The lowest BCUT2D eigenvalue weighted by Gasteiger charge is -2.15. The highest BCUT2D eigenvalue weighted by molar-refractivity contribution is 5.89. The molecule has 5 heteroatoms. The molecule has 4 nitrogen and oxygen atoms in total. The van der Waals surface area contributed by atoms with Crippen LogP contribution in [0.1, 0.15) is 29.2 Å². The Labute approximate surface area is 142 Å². The third-order valence-electron chi connectivity index (χ3n) is 3.98. The van der Waals surface area contributed by atoms with Crippen molar-refractivity contribution in [3.05, 3.63) is 58.4 Å². The molecule has 0 radical (unpaired) electrons. The Hall–Kier alpha value is -2.56. The van der Waals surface area contributed by atoms with Crippen LogP contribution in [0.4, 0.5) is 14.9 Å². The highest BCUT2D eigenvalue weighted by Crippen LogP contribution is 2.26. The van der Waals surface area contributed by atoms with Gasteiger partial charge in [-0.05, 0) is 55.2 Å². The SMILES string of the molecule is CCc1cc(C)c(OCc2c(F)cccc2NC(=O)NC)cc1C. The van der Waals surface area contributed by atoms with Crippen LogP contribution in [0.25, 0.3) is 0 Å². The number of amides is 2. The highest BCUT2D eigenvalue weighted by Gasteiger charge is 2.12. The zero-order chi connectivity index (χ0) is 17.7. The van der Waals surface area contributed by atoms with Gasteiger partial charge in [-0.2, -0.15) is 0 Å². The number of aryl methyl sites for hydroxylation is 3. The molecular formula is C19H23FN2O2. The van der Waals surface area contributed by atoms with Crippen LogP contribution in [0.2, 0.25) is 0 Å². The molecule has 0 aliphatic carbocycles. The first-order valence-corrected chi connectivity index (χ1v) is 7.95. The normalized spacial score (nSPS) is 10.4. The summed E-state index contributed by atoms with van der Waals surface area (Å²) in [6, 6.07) is 8.22. The van der Waals surface area contributed by atoms with Crippen LogP contribution >= 0.6 is 0 Å². The summed E-state index contributed by atoms with van der Waals surface area (Å²) in [7, 11) is 1.51. The lowest BCUT2D eigenvalue weighted by molar-refractivity contribution is 0.254. The molecule has 2 aromatic carbocycles. The van der Waals surface area contributed by atoms with Gasteiger partial charge in [0, 0.05) is 12.6 Å². The van der Waals surface area contributed by atoms with E-state index in [-0.39, 0.29) is 6.61 Å². The topological polar surface area (TPSA) is 50.4 Å². The molecule has 0 unspecified atom stereocenters. The molecule has 2 rings (SSSR count). The Morgan fingerprint density at radius 3 is 2.62 bits per heavy atom. The summed E-state index contributed by atoms with van der Waals surface area (Å²) < 4.78 is 20.0. The van der Waals surface area contributed by atoms with E-state index in [1.54, 1.807) is 12.1 Å². The lowest BCUT2D eigenvalue weighted by atomic mass is 10.0. The third kappa shape index (κ3) is 4.04. The summed E-state index contributed by atoms with van der Waals surface area (Å²) in [5, 5.41) is 5.06. The second-order valence-corrected chi connectivity index (χ2v) is 5.66. The van der Waals surface area contributed by atoms with Crippen molar-refractivity contribution in [1.82, 2.24) is 5.32 Å². The summed E-state index contributed by atoms with van der Waals surface area (Å²) in [5.41, 5.74) is 4.14. The van der Waals surface area contributed by atoms with E-state index in [0.29, 0.717) is 11.3 Å². The molecule has 0 spiro atoms. The van der Waals surface area contributed by atoms with Gasteiger partial charge in [0.2, 0.25) is 0 Å². The summed E-state index contributed by atoms with van der Waals surface area (Å²) in [6.07, 6.45) is 0.959. The molecule has 2 N–H and O–H groups in total. The van der Waals surface area contributed by atoms with Crippen LogP contribution < -0.4 is 15.4 Å². The van der Waals surface area contributed by atoms with Crippen LogP contribution in [0.5, 0.6) is 5.75 Å². The van der Waals surface area contributed by atoms with E-state index in [1.807, 2.05) is 19.9 Å². The minimum atomic E-state index is -0.413. The van der Waals surface area contributed by atoms with Gasteiger partial charge >= 0.3 is 6.03 Å². The number of carbonyl (C=O) groups is 1. The Bertz CT molecular complexity index is 744. The molecule has 128 valence electrons. The van der Waals surface area contributed by atoms with E-state index in [1.165, 1.54) is 18.7 Å². The molecular weight excluding hydrogens is 307 g/mol. The fraction of sp³-hybridized carbons (Fsp3) is 0.316. The smallest absolute Gasteiger partial charge is 0.318 e. The van der Waals surface area contributed by atoms with Gasteiger partial charge in [-0.1, -0.05) is 19.1 Å². The standard InChI is InChI=1S/C19H23FN2O2/c1-5-14-9-13(3)18(10-12(14)2)24-11-15-16(20)7-6-8-17(15)22-19(23)21-4/h6-10H,5,11H2,1-4H3,(H2,21,22,23). The molecule has 0 saturated carbocycles. The van der Waals surface area contributed by atoms with Crippen molar-refractivity contribution in [2.45, 2.75) is 33.8 Å². The number of halogens is 1. The number of urea groups is 1. The summed E-state index contributed by atoms with van der Waals surface area (Å²) in [5.74, 6) is 0.308. The van der Waals surface area contributed by atoms with E-state index >= 15 is 0 Å². The Balaban J connectivity index is 2.23. The number of benzene rings is 2. The fourth-order valence-corrected chi connectivity index (χ4v) is 2.54. The van der Waals surface area contributed by atoms with E-state index in [2.05, 4.69) is 23.6 Å². The first kappa shape index (κ1) is 17.8. The fourth-order valence-electron chi connectivity index (χ4n) is 2.54. The van der Waals surface area contributed by atoms with E-state index in [0.717, 1.165) is 23.3 Å². The predicted molar refractivity (Wildman–Crippen MR) is 94.1 cm³/mol. The predicted octanol–water partition coefficient (Wildman–Crippen LogP) is 4.34. The summed E-state index contributed by atoms with van der Waals surface area (Å²) >= 11 is 0. The van der Waals surface area contributed by atoms with Crippen LogP contribution in [-0.4, -0.2) is 13.1 Å². The number of hydrogen-bond donors (Lipinski definition) is 2. The van der Waals surface area contributed by atoms with E-state index in [4.69, 9.17) is 4.74 Å². The van der Waals surface area contributed by atoms with Crippen LogP contribution in [-0.2, 0) is 13.0 Å². The average Bonchev–Trinajstić information content (AvgIpc) is 2.56. The van der Waals surface area contributed by atoms with Crippen molar-refractivity contribution in [1.29, 1.82) is 0 Å². The van der Waals surface area contributed by atoms with Crippen LogP contribution in [0.15, 0.2) is 30.3 Å². The average molecular weight is 330 g/mol. The van der Waals surface area contributed by atoms with Crippen molar-refractivity contribution in [3.63, 3.8) is 0 Å². The molecule has 2 aromatic rings. The first-order valence-electron chi connectivity index (χ1n) is 7.95. The van der Waals surface area contributed by atoms with Gasteiger partial charge in [-0.25, -0.2) is 9.18 Å². The van der Waals surface area contributed by atoms with Gasteiger partial charge in [-0.3, -0.25) is 0 Å². The number of ether oxygens (including phenoxy) is 1. The molecule has 0 aliphatic rings. The van der Waals surface area contributed by atoms with Crippen molar-refractivity contribution in [2.24, 2.45) is 0 Å². The maximum atomic E-state index is 14.2. The van der Waals surface area contributed by atoms with Gasteiger partial charge in [0.1, 0.15) is 18.2 Å². The Morgan fingerprint density at radius 1 is 1.21 bits per heavy atom. The van der Waals surface area contributed by atoms with Gasteiger partial charge in [0.15, 0.2) is 0 Å². The quantitative estimate of drug-likeness (QED) is 0.857. The molecule has 2 amide bonds. The van der Waals surface area contributed by atoms with Gasteiger partial charge in [0.05, 0.1) is 5.69 Å². The van der Waals surface area contributed by atoms with E-state index < -0.39 is 11.8 Å². The minimum absolute atomic E-state index is 0.0394. The maximum absolute atomic E-state index is 14.2. The molecule has 0 aromatic heterocycles. The molecule has 0 fully saturated rings. The molecule has 0 atom stereocenters. The Kier molecular flexibility index (Phi) is 5.79. The summed E-state index contributed by atoms with van der Waals surface area (Å²) in [6.45, 7) is 6.15. The maximum Gasteiger partial charge on any atom is 0.318 e. The van der Waals surface area contributed by atoms with Crippen molar-refractivity contribution in [3.8, 4) is 5.75 Å². The second-order valence-electron chi connectivity index (χ2n) is 5.66. The lowest BCUT2D eigenvalue weighted by Crippen LogP contribution is -2.25. The largest absolute Gasteiger partial charge is 0.488 e. The van der Waals surface area contributed by atoms with E-state index in [9.17, 15) is 9.18 Å². The van der Waals surface area contributed by atoms with Crippen LogP contribution in [0, 0.1) is 19.7 Å². The van der Waals surface area contributed by atoms with Crippen molar-refractivity contribution >= 4 is 11.7 Å². The zero-order valence-corrected chi connectivity index (χ0v) is 14.5. The number of anilines is 1. The molecule has 0 heterocycles. The monoisotopic (exact) mass is 330 g/mol. The summed E-state index contributed by atoms with van der Waals surface area (Å²) in [4.78, 5) is 11.5. The van der Waals surface area contributed by atoms with Crippen molar-refractivity contribution < 1.29 is 13.9 Å². The minimum Gasteiger partial charge on any atom is -0.488 e. The molecule has 24 heavy (non-hydrogen) atoms. The first-order chi connectivity index (χ1) is 11.5. The number of nitrogens with one attached hydrogen (secondary N) is 2. The van der Waals surface area contributed by atoms with Crippen molar-refractivity contribution in [2.75, 3.05) is 12.4 Å². The number of carbonyl (C=O) groups excluding carboxylic acids is 1. The van der Waals surface area contributed by atoms with Gasteiger partial charge in [0.25, 0.3) is 0 Å². The second kappa shape index (κ2) is 7.81. The highest BCUT2D eigenvalue weighted by atomic mass is 19.1. The van der Waals surface area contributed by atoms with Crippen LogP contribution in [0.3, 0.4) is 0 Å². The molecule has 0 bridgehead atoms. The molecule has 0 saturated heterocycles.